The van der Waals surface area contributed by atoms with Gasteiger partial charge in [-0.1, -0.05) is 35.1 Å². The van der Waals surface area contributed by atoms with E-state index in [0.717, 1.165) is 16.9 Å². The minimum atomic E-state index is -0.946. The Morgan fingerprint density at radius 1 is 1.44 bits per heavy atom. The first-order valence-electron chi connectivity index (χ1n) is 5.21. The average molecular weight is 283 g/mol. The Balaban J connectivity index is 2.09. The van der Waals surface area contributed by atoms with Crippen LogP contribution in [0.25, 0.3) is 0 Å². The molecule has 0 aliphatic carbocycles. The van der Waals surface area contributed by atoms with Crippen LogP contribution in [0.5, 0.6) is 0 Å². The highest BCUT2D eigenvalue weighted by Crippen LogP contribution is 2.23. The fraction of sp³-hybridized carbons (Fsp3) is 0.167. The highest BCUT2D eigenvalue weighted by Gasteiger charge is 2.11. The van der Waals surface area contributed by atoms with Crippen LogP contribution in [-0.4, -0.2) is 23.1 Å². The summed E-state index contributed by atoms with van der Waals surface area (Å²) in [6.07, 6.45) is 1.38. The third kappa shape index (κ3) is 3.00. The Kier molecular flexibility index (Phi) is 3.84. The van der Waals surface area contributed by atoms with Gasteiger partial charge in [-0.25, -0.2) is 9.78 Å². The van der Waals surface area contributed by atoms with E-state index in [2.05, 4.69) is 4.98 Å². The molecule has 94 valence electrons. The van der Waals surface area contributed by atoms with Gasteiger partial charge >= 0.3 is 5.97 Å². The van der Waals surface area contributed by atoms with Crippen LogP contribution >= 0.6 is 22.9 Å². The number of hydrogen-bond donors (Lipinski definition) is 1. The zero-order valence-corrected chi connectivity index (χ0v) is 11.2. The van der Waals surface area contributed by atoms with Gasteiger partial charge in [0.2, 0.25) is 0 Å². The summed E-state index contributed by atoms with van der Waals surface area (Å²) in [7, 11) is 1.87. The van der Waals surface area contributed by atoms with Crippen molar-refractivity contribution in [1.82, 2.24) is 4.98 Å². The maximum absolute atomic E-state index is 10.8. The monoisotopic (exact) mass is 282 g/mol. The first-order chi connectivity index (χ1) is 8.56. The lowest BCUT2D eigenvalue weighted by Crippen LogP contribution is -2.15. The third-order valence-corrected chi connectivity index (χ3v) is 3.72. The van der Waals surface area contributed by atoms with Crippen molar-refractivity contribution in [2.45, 2.75) is 6.54 Å². The molecule has 18 heavy (non-hydrogen) atoms. The van der Waals surface area contributed by atoms with Crippen molar-refractivity contribution in [1.29, 1.82) is 0 Å². The first-order valence-corrected chi connectivity index (χ1v) is 6.40. The Morgan fingerprint density at radius 3 is 2.67 bits per heavy atom. The molecule has 6 heteroatoms. The molecule has 1 N–H and O–H groups in total. The van der Waals surface area contributed by atoms with Crippen LogP contribution in [0.15, 0.2) is 30.5 Å². The molecule has 1 aromatic heterocycles. The molecular formula is C12H11ClN2O2S. The topological polar surface area (TPSA) is 53.4 Å². The lowest BCUT2D eigenvalue weighted by molar-refractivity contribution is 0.0702. The van der Waals surface area contributed by atoms with Crippen LogP contribution in [0.3, 0.4) is 0 Å². The van der Waals surface area contributed by atoms with E-state index in [1.54, 1.807) is 0 Å². The van der Waals surface area contributed by atoms with Gasteiger partial charge in [-0.15, -0.1) is 0 Å². The van der Waals surface area contributed by atoms with Crippen molar-refractivity contribution in [3.8, 4) is 0 Å². The molecule has 0 spiro atoms. The van der Waals surface area contributed by atoms with Crippen LogP contribution in [0.4, 0.5) is 5.13 Å². The number of hydrogen-bond acceptors (Lipinski definition) is 4. The molecule has 2 rings (SSSR count). The molecule has 0 unspecified atom stereocenters. The number of aromatic carboxylic acids is 1. The molecule has 0 bridgehead atoms. The number of anilines is 1. The normalized spacial score (nSPS) is 10.3. The molecule has 0 aliphatic rings. The number of carboxylic acid groups (broad SMARTS) is 1. The van der Waals surface area contributed by atoms with E-state index in [1.807, 2.05) is 36.2 Å². The van der Waals surface area contributed by atoms with Gasteiger partial charge in [0.05, 0.1) is 6.20 Å². The maximum Gasteiger partial charge on any atom is 0.347 e. The second-order valence-corrected chi connectivity index (χ2v) is 5.24. The summed E-state index contributed by atoms with van der Waals surface area (Å²) in [4.78, 5) is 17.0. The largest absolute Gasteiger partial charge is 0.477 e. The summed E-state index contributed by atoms with van der Waals surface area (Å²) >= 11 is 6.97. The summed E-state index contributed by atoms with van der Waals surface area (Å²) in [6, 6.07) is 7.53. The highest BCUT2D eigenvalue weighted by atomic mass is 35.5. The minimum Gasteiger partial charge on any atom is -0.477 e. The van der Waals surface area contributed by atoms with Crippen molar-refractivity contribution in [3.05, 3.63) is 45.9 Å². The number of carboxylic acids is 1. The van der Waals surface area contributed by atoms with E-state index in [4.69, 9.17) is 16.7 Å². The molecule has 0 fully saturated rings. The molecule has 4 nitrogen and oxygen atoms in total. The lowest BCUT2D eigenvalue weighted by Gasteiger charge is -2.15. The van der Waals surface area contributed by atoms with E-state index in [1.165, 1.54) is 6.20 Å². The number of rotatable bonds is 4. The van der Waals surface area contributed by atoms with Crippen LogP contribution in [-0.2, 0) is 6.54 Å². The Labute approximate surface area is 113 Å². The van der Waals surface area contributed by atoms with Crippen LogP contribution in [0.2, 0.25) is 5.02 Å². The van der Waals surface area contributed by atoms with Gasteiger partial charge in [-0.3, -0.25) is 0 Å². The summed E-state index contributed by atoms with van der Waals surface area (Å²) < 4.78 is 0. The number of benzene rings is 1. The van der Waals surface area contributed by atoms with E-state index in [-0.39, 0.29) is 4.88 Å². The van der Waals surface area contributed by atoms with Gasteiger partial charge in [0.25, 0.3) is 0 Å². The van der Waals surface area contributed by atoms with E-state index in [0.29, 0.717) is 16.7 Å². The smallest absolute Gasteiger partial charge is 0.347 e. The van der Waals surface area contributed by atoms with Gasteiger partial charge in [-0.2, -0.15) is 0 Å². The number of carbonyl (C=O) groups is 1. The SMILES string of the molecule is CN(Cc1ccc(Cl)cc1)c1ncc(C(=O)O)s1. The first kappa shape index (κ1) is 12.9. The molecular weight excluding hydrogens is 272 g/mol. The van der Waals surface area contributed by atoms with Gasteiger partial charge in [0, 0.05) is 18.6 Å². The van der Waals surface area contributed by atoms with E-state index >= 15 is 0 Å². The maximum atomic E-state index is 10.8. The zero-order valence-electron chi connectivity index (χ0n) is 9.63. The fourth-order valence-corrected chi connectivity index (χ4v) is 2.31. The molecule has 2 aromatic rings. The van der Waals surface area contributed by atoms with Gasteiger partial charge in [0.1, 0.15) is 4.88 Å². The standard InChI is InChI=1S/C12H11ClN2O2S/c1-15(7-8-2-4-9(13)5-3-8)12-14-6-10(18-12)11(16)17/h2-6H,7H2,1H3,(H,16,17). The number of nitrogens with zero attached hydrogens (tertiary/aromatic N) is 2. The Bertz CT molecular complexity index is 553. The van der Waals surface area contributed by atoms with Crippen LogP contribution < -0.4 is 4.90 Å². The van der Waals surface area contributed by atoms with E-state index in [9.17, 15) is 4.79 Å². The van der Waals surface area contributed by atoms with Crippen molar-refractivity contribution in [3.63, 3.8) is 0 Å². The fourth-order valence-electron chi connectivity index (χ4n) is 1.47. The average Bonchev–Trinajstić information content (AvgIpc) is 2.81. The predicted octanol–water partition coefficient (Wildman–Crippen LogP) is 3.13. The van der Waals surface area contributed by atoms with Crippen molar-refractivity contribution in [2.24, 2.45) is 0 Å². The number of aromatic nitrogens is 1. The highest BCUT2D eigenvalue weighted by molar-refractivity contribution is 7.17. The molecule has 0 saturated heterocycles. The van der Waals surface area contributed by atoms with E-state index < -0.39 is 5.97 Å². The molecule has 0 radical (unpaired) electrons. The molecule has 0 amide bonds. The summed E-state index contributed by atoms with van der Waals surface area (Å²) in [5.74, 6) is -0.946. The minimum absolute atomic E-state index is 0.243. The zero-order chi connectivity index (χ0) is 13.1. The Hall–Kier alpha value is -1.59. The number of thiazole rings is 1. The Morgan fingerprint density at radius 2 is 2.11 bits per heavy atom. The predicted molar refractivity (Wildman–Crippen MR) is 72.6 cm³/mol. The summed E-state index contributed by atoms with van der Waals surface area (Å²) in [6.45, 7) is 0.656. The van der Waals surface area contributed by atoms with Gasteiger partial charge < -0.3 is 10.0 Å². The molecule has 1 aromatic carbocycles. The molecule has 0 atom stereocenters. The molecule has 0 saturated carbocycles. The van der Waals surface area contributed by atoms with Crippen LogP contribution in [0, 0.1) is 0 Å². The number of halogens is 1. The summed E-state index contributed by atoms with van der Waals surface area (Å²) in [5.41, 5.74) is 1.09. The molecule has 1 heterocycles. The van der Waals surface area contributed by atoms with Crippen LogP contribution in [0.1, 0.15) is 15.2 Å². The quantitative estimate of drug-likeness (QED) is 0.936. The van der Waals surface area contributed by atoms with Crippen molar-refractivity contribution in [2.75, 3.05) is 11.9 Å². The van der Waals surface area contributed by atoms with Crippen molar-refractivity contribution >= 4 is 34.0 Å². The third-order valence-electron chi connectivity index (χ3n) is 2.36. The second-order valence-electron chi connectivity index (χ2n) is 3.79. The van der Waals surface area contributed by atoms with Gasteiger partial charge in [0.15, 0.2) is 5.13 Å². The lowest BCUT2D eigenvalue weighted by atomic mass is 10.2. The summed E-state index contributed by atoms with van der Waals surface area (Å²) in [5, 5.41) is 10.2. The second kappa shape index (κ2) is 5.37. The molecule has 0 aliphatic heterocycles. The van der Waals surface area contributed by atoms with Gasteiger partial charge in [-0.05, 0) is 17.7 Å². The van der Waals surface area contributed by atoms with Crippen molar-refractivity contribution < 1.29 is 9.90 Å².